The number of rotatable bonds is 2. The van der Waals surface area contributed by atoms with E-state index in [4.69, 9.17) is 5.73 Å². The number of allylic oxidation sites excluding steroid dienone is 1. The van der Waals surface area contributed by atoms with Gasteiger partial charge in [-0.25, -0.2) is 8.42 Å². The molecule has 2 N–H and O–H groups in total. The van der Waals surface area contributed by atoms with E-state index < -0.39 is 9.84 Å². The van der Waals surface area contributed by atoms with E-state index in [2.05, 4.69) is 0 Å². The van der Waals surface area contributed by atoms with E-state index in [9.17, 15) is 8.42 Å². The summed E-state index contributed by atoms with van der Waals surface area (Å²) in [4.78, 5) is 0. The molecule has 1 aliphatic rings. The summed E-state index contributed by atoms with van der Waals surface area (Å²) in [5, 5.41) is 0. The Morgan fingerprint density at radius 3 is 2.83 bits per heavy atom. The van der Waals surface area contributed by atoms with Crippen LogP contribution in [0.2, 0.25) is 0 Å². The van der Waals surface area contributed by atoms with Crippen molar-refractivity contribution in [2.45, 2.75) is 12.8 Å². The van der Waals surface area contributed by atoms with Crippen molar-refractivity contribution in [1.82, 2.24) is 0 Å². The van der Waals surface area contributed by atoms with E-state index in [1.54, 1.807) is 0 Å². The van der Waals surface area contributed by atoms with Gasteiger partial charge in [-0.1, -0.05) is 12.2 Å². The first kappa shape index (κ1) is 9.74. The molecule has 1 aliphatic heterocycles. The number of nitrogens with two attached hydrogens (primary N) is 1. The van der Waals surface area contributed by atoms with E-state index >= 15 is 0 Å². The van der Waals surface area contributed by atoms with Gasteiger partial charge in [0.05, 0.1) is 11.5 Å². The highest BCUT2D eigenvalue weighted by Crippen LogP contribution is 2.18. The minimum absolute atomic E-state index is 0.201. The lowest BCUT2D eigenvalue weighted by Crippen LogP contribution is -2.23. The molecule has 0 amide bonds. The minimum Gasteiger partial charge on any atom is -0.327 e. The van der Waals surface area contributed by atoms with Gasteiger partial charge < -0.3 is 5.73 Å². The average Bonchev–Trinajstić information content (AvgIpc) is 1.99. The van der Waals surface area contributed by atoms with E-state index in [0.29, 0.717) is 18.1 Å². The predicted molar refractivity (Wildman–Crippen MR) is 49.6 cm³/mol. The monoisotopic (exact) mass is 189 g/mol. The molecule has 0 radical (unpaired) electrons. The molecule has 1 heterocycles. The Hall–Kier alpha value is -0.350. The molecule has 0 aliphatic carbocycles. The summed E-state index contributed by atoms with van der Waals surface area (Å²) < 4.78 is 22.3. The molecule has 1 unspecified atom stereocenters. The molecular formula is C8H15NO2S. The molecule has 0 saturated carbocycles. The molecule has 0 aromatic rings. The maximum absolute atomic E-state index is 11.2. The summed E-state index contributed by atoms with van der Waals surface area (Å²) >= 11 is 0. The molecule has 0 aromatic carbocycles. The van der Waals surface area contributed by atoms with Crippen LogP contribution < -0.4 is 5.73 Å². The lowest BCUT2D eigenvalue weighted by atomic mass is 10.1. The fourth-order valence-electron chi connectivity index (χ4n) is 1.48. The van der Waals surface area contributed by atoms with Gasteiger partial charge in [0.25, 0.3) is 0 Å². The van der Waals surface area contributed by atoms with Gasteiger partial charge in [-0.3, -0.25) is 0 Å². The quantitative estimate of drug-likeness (QED) is 0.637. The van der Waals surface area contributed by atoms with Crippen LogP contribution in [0.15, 0.2) is 12.2 Å². The molecule has 4 heteroatoms. The normalized spacial score (nSPS) is 29.2. The van der Waals surface area contributed by atoms with Gasteiger partial charge in [-0.05, 0) is 18.8 Å². The van der Waals surface area contributed by atoms with Crippen LogP contribution in [0.3, 0.4) is 0 Å². The maximum atomic E-state index is 11.2. The molecule has 1 rings (SSSR count). The van der Waals surface area contributed by atoms with Gasteiger partial charge in [-0.15, -0.1) is 0 Å². The fourth-order valence-corrected chi connectivity index (χ4v) is 3.18. The van der Waals surface area contributed by atoms with Crippen LogP contribution in [-0.4, -0.2) is 26.5 Å². The van der Waals surface area contributed by atoms with Crippen LogP contribution >= 0.6 is 0 Å². The Morgan fingerprint density at radius 2 is 2.25 bits per heavy atom. The SMILES string of the molecule is NC/C=C/C1CCCS(=O)(=O)C1. The van der Waals surface area contributed by atoms with Gasteiger partial charge in [0.15, 0.2) is 9.84 Å². The molecule has 70 valence electrons. The first-order chi connectivity index (χ1) is 5.64. The first-order valence-electron chi connectivity index (χ1n) is 4.21. The standard InChI is InChI=1S/C8H15NO2S/c9-5-1-3-8-4-2-6-12(10,11)7-8/h1,3,8H,2,4-7,9H2/b3-1+. The number of hydrogen-bond donors (Lipinski definition) is 1. The zero-order valence-electron chi connectivity index (χ0n) is 7.07. The molecular weight excluding hydrogens is 174 g/mol. The van der Waals surface area contributed by atoms with Crippen molar-refractivity contribution >= 4 is 9.84 Å². The van der Waals surface area contributed by atoms with Gasteiger partial charge in [0.1, 0.15) is 0 Å². The fraction of sp³-hybridized carbons (Fsp3) is 0.750. The lowest BCUT2D eigenvalue weighted by molar-refractivity contribution is 0.542. The van der Waals surface area contributed by atoms with E-state index in [-0.39, 0.29) is 5.92 Å². The van der Waals surface area contributed by atoms with Crippen LogP contribution in [-0.2, 0) is 9.84 Å². The minimum atomic E-state index is -2.75. The Kier molecular flexibility index (Phi) is 3.29. The Labute approximate surface area is 73.6 Å². The zero-order valence-corrected chi connectivity index (χ0v) is 7.89. The van der Waals surface area contributed by atoms with Crippen LogP contribution in [0.4, 0.5) is 0 Å². The van der Waals surface area contributed by atoms with Crippen molar-refractivity contribution in [3.05, 3.63) is 12.2 Å². The molecule has 12 heavy (non-hydrogen) atoms. The van der Waals surface area contributed by atoms with Crippen LogP contribution in [0.1, 0.15) is 12.8 Å². The highest BCUT2D eigenvalue weighted by atomic mass is 32.2. The lowest BCUT2D eigenvalue weighted by Gasteiger charge is -2.18. The van der Waals surface area contributed by atoms with Gasteiger partial charge in [0, 0.05) is 6.54 Å². The smallest absolute Gasteiger partial charge is 0.150 e. The van der Waals surface area contributed by atoms with E-state index in [1.165, 1.54) is 0 Å². The highest BCUT2D eigenvalue weighted by molar-refractivity contribution is 7.91. The summed E-state index contributed by atoms with van der Waals surface area (Å²) in [6.07, 6.45) is 5.54. The molecule has 1 fully saturated rings. The number of sulfone groups is 1. The predicted octanol–water partition coefficient (Wildman–Crippen LogP) is 0.326. The summed E-state index contributed by atoms with van der Waals surface area (Å²) in [7, 11) is -2.75. The molecule has 1 saturated heterocycles. The van der Waals surface area contributed by atoms with Gasteiger partial charge >= 0.3 is 0 Å². The maximum Gasteiger partial charge on any atom is 0.150 e. The Morgan fingerprint density at radius 1 is 1.50 bits per heavy atom. The third-order valence-corrected chi connectivity index (χ3v) is 3.89. The second kappa shape index (κ2) is 4.05. The van der Waals surface area contributed by atoms with Crippen molar-refractivity contribution in [2.24, 2.45) is 11.7 Å². The largest absolute Gasteiger partial charge is 0.327 e. The average molecular weight is 189 g/mol. The summed E-state index contributed by atoms with van der Waals surface area (Å²) in [5.74, 6) is 0.871. The van der Waals surface area contributed by atoms with E-state index in [0.717, 1.165) is 12.8 Å². The second-order valence-electron chi connectivity index (χ2n) is 3.18. The van der Waals surface area contributed by atoms with Crippen molar-refractivity contribution in [1.29, 1.82) is 0 Å². The Bertz CT molecular complexity index is 256. The third kappa shape index (κ3) is 2.95. The summed E-state index contributed by atoms with van der Waals surface area (Å²) in [5.41, 5.74) is 5.28. The molecule has 0 aromatic heterocycles. The van der Waals surface area contributed by atoms with Crippen molar-refractivity contribution in [2.75, 3.05) is 18.1 Å². The number of hydrogen-bond acceptors (Lipinski definition) is 3. The van der Waals surface area contributed by atoms with E-state index in [1.807, 2.05) is 12.2 Å². The molecule has 0 bridgehead atoms. The van der Waals surface area contributed by atoms with Crippen molar-refractivity contribution in [3.63, 3.8) is 0 Å². The van der Waals surface area contributed by atoms with Gasteiger partial charge in [0.2, 0.25) is 0 Å². The topological polar surface area (TPSA) is 60.2 Å². The highest BCUT2D eigenvalue weighted by Gasteiger charge is 2.22. The third-order valence-electron chi connectivity index (χ3n) is 2.04. The Balaban J connectivity index is 2.52. The first-order valence-corrected chi connectivity index (χ1v) is 6.03. The summed E-state index contributed by atoms with van der Waals surface area (Å²) in [6.45, 7) is 0.497. The zero-order chi connectivity index (χ0) is 9.03. The molecule has 0 spiro atoms. The summed E-state index contributed by atoms with van der Waals surface area (Å²) in [6, 6.07) is 0. The molecule has 1 atom stereocenters. The van der Waals surface area contributed by atoms with Crippen LogP contribution in [0.5, 0.6) is 0 Å². The van der Waals surface area contributed by atoms with Crippen LogP contribution in [0, 0.1) is 5.92 Å². The van der Waals surface area contributed by atoms with Crippen molar-refractivity contribution < 1.29 is 8.42 Å². The second-order valence-corrected chi connectivity index (χ2v) is 5.41. The van der Waals surface area contributed by atoms with Gasteiger partial charge in [-0.2, -0.15) is 0 Å². The van der Waals surface area contributed by atoms with Crippen LogP contribution in [0.25, 0.3) is 0 Å². The molecule has 3 nitrogen and oxygen atoms in total. The van der Waals surface area contributed by atoms with Crippen molar-refractivity contribution in [3.8, 4) is 0 Å².